The number of aryl methyl sites for hydroxylation is 2. The number of nitro benzene ring substituents is 1. The van der Waals surface area contributed by atoms with Crippen LogP contribution in [0.2, 0.25) is 0 Å². The van der Waals surface area contributed by atoms with Gasteiger partial charge < -0.3 is 4.74 Å². The number of hydrogen-bond acceptors (Lipinski definition) is 8. The summed E-state index contributed by atoms with van der Waals surface area (Å²) in [6.07, 6.45) is -1.28. The Balaban J connectivity index is 1.71. The molecule has 0 spiro atoms. The van der Waals surface area contributed by atoms with E-state index in [2.05, 4.69) is 20.5 Å². The van der Waals surface area contributed by atoms with Crippen LogP contribution in [0.3, 0.4) is 0 Å². The van der Waals surface area contributed by atoms with Crippen LogP contribution < -0.4 is 10.2 Å². The third-order valence-electron chi connectivity index (χ3n) is 4.79. The summed E-state index contributed by atoms with van der Waals surface area (Å²) in [5.41, 5.74) is 4.23. The van der Waals surface area contributed by atoms with Gasteiger partial charge in [-0.2, -0.15) is 5.10 Å². The molecular formula is C23H21F2N5O4S. The van der Waals surface area contributed by atoms with Gasteiger partial charge in [-0.05, 0) is 49.7 Å². The quantitative estimate of drug-likeness (QED) is 0.144. The molecule has 0 unspecified atom stereocenters. The first-order valence-electron chi connectivity index (χ1n) is 10.2. The van der Waals surface area contributed by atoms with Crippen LogP contribution in [-0.4, -0.2) is 34.1 Å². The normalized spacial score (nSPS) is 11.1. The van der Waals surface area contributed by atoms with Gasteiger partial charge in [0.05, 0.1) is 18.2 Å². The summed E-state index contributed by atoms with van der Waals surface area (Å²) in [6, 6.07) is 10.6. The Bertz CT molecular complexity index is 1290. The van der Waals surface area contributed by atoms with Crippen molar-refractivity contribution in [2.24, 2.45) is 5.10 Å². The maximum absolute atomic E-state index is 13.0. The van der Waals surface area contributed by atoms with E-state index in [4.69, 9.17) is 4.74 Å². The lowest BCUT2D eigenvalue weighted by Crippen LogP contribution is -2.17. The Morgan fingerprint density at radius 3 is 2.69 bits per heavy atom. The first-order valence-corrected chi connectivity index (χ1v) is 11.2. The summed E-state index contributed by atoms with van der Waals surface area (Å²) >= 11 is 1.18. The summed E-state index contributed by atoms with van der Waals surface area (Å²) in [7, 11) is 1.51. The minimum atomic E-state index is -2.69. The lowest BCUT2D eigenvalue weighted by Gasteiger charge is -2.10. The van der Waals surface area contributed by atoms with Crippen molar-refractivity contribution in [3.8, 4) is 5.75 Å². The number of methoxy groups -OCH3 is 1. The molecule has 0 fully saturated rings. The second-order valence-corrected chi connectivity index (χ2v) is 8.28. The molecule has 1 heterocycles. The molecule has 0 atom stereocenters. The third kappa shape index (κ3) is 6.79. The maximum Gasteiger partial charge on any atom is 0.280 e. The van der Waals surface area contributed by atoms with Crippen LogP contribution in [0, 0.1) is 24.0 Å². The van der Waals surface area contributed by atoms with E-state index in [0.29, 0.717) is 28.3 Å². The molecule has 1 N–H and O–H groups in total. The standard InChI is InChI=1S/C23H21F2N5O4S/c1-13-4-6-16(10-19(13)30(32)33)22(31)29-26-11-15-5-7-20(34-3)17(9-15)12-35-23-27-14(2)8-18(28-23)21(24)25/h4-11,21H,12H2,1-3H3,(H,29,31). The van der Waals surface area contributed by atoms with Crippen molar-refractivity contribution in [3.05, 3.63) is 86.2 Å². The van der Waals surface area contributed by atoms with E-state index >= 15 is 0 Å². The molecule has 0 aliphatic rings. The molecule has 3 aromatic rings. The number of alkyl halides is 2. The smallest absolute Gasteiger partial charge is 0.280 e. The van der Waals surface area contributed by atoms with Crippen LogP contribution in [-0.2, 0) is 5.75 Å². The van der Waals surface area contributed by atoms with Crippen molar-refractivity contribution in [1.29, 1.82) is 0 Å². The van der Waals surface area contributed by atoms with Crippen LogP contribution in [0.4, 0.5) is 14.5 Å². The highest BCUT2D eigenvalue weighted by molar-refractivity contribution is 7.98. The van der Waals surface area contributed by atoms with Crippen molar-refractivity contribution in [2.75, 3.05) is 7.11 Å². The van der Waals surface area contributed by atoms with E-state index in [-0.39, 0.29) is 22.1 Å². The number of carbonyl (C=O) groups is 1. The number of amides is 1. The number of rotatable bonds is 9. The highest BCUT2D eigenvalue weighted by Crippen LogP contribution is 2.28. The van der Waals surface area contributed by atoms with E-state index in [1.54, 1.807) is 32.0 Å². The molecule has 12 heteroatoms. The fraction of sp³-hybridized carbons (Fsp3) is 0.217. The highest BCUT2D eigenvalue weighted by Gasteiger charge is 2.15. The molecule has 0 aliphatic heterocycles. The van der Waals surface area contributed by atoms with Crippen LogP contribution in [0.15, 0.2) is 52.7 Å². The molecule has 2 aromatic carbocycles. The molecule has 35 heavy (non-hydrogen) atoms. The van der Waals surface area contributed by atoms with Crippen LogP contribution >= 0.6 is 11.8 Å². The molecule has 0 aliphatic carbocycles. The number of hydrogen-bond donors (Lipinski definition) is 1. The van der Waals surface area contributed by atoms with Gasteiger partial charge in [0.1, 0.15) is 11.4 Å². The molecule has 182 valence electrons. The van der Waals surface area contributed by atoms with Gasteiger partial charge in [-0.3, -0.25) is 14.9 Å². The van der Waals surface area contributed by atoms with Gasteiger partial charge in [0.15, 0.2) is 5.16 Å². The molecule has 3 rings (SSSR count). The fourth-order valence-electron chi connectivity index (χ4n) is 3.05. The van der Waals surface area contributed by atoms with Crippen molar-refractivity contribution in [2.45, 2.75) is 31.2 Å². The van der Waals surface area contributed by atoms with Crippen LogP contribution in [0.25, 0.3) is 0 Å². The maximum atomic E-state index is 13.0. The first kappa shape index (κ1) is 25.7. The molecule has 0 radical (unpaired) electrons. The number of carbonyl (C=O) groups excluding carboxylic acids is 1. The first-order chi connectivity index (χ1) is 16.7. The molecule has 1 amide bonds. The van der Waals surface area contributed by atoms with E-state index in [0.717, 1.165) is 5.56 Å². The van der Waals surface area contributed by atoms with Crippen LogP contribution in [0.5, 0.6) is 5.75 Å². The number of nitrogens with one attached hydrogen (secondary N) is 1. The molecule has 9 nitrogen and oxygen atoms in total. The van der Waals surface area contributed by atoms with E-state index in [1.165, 1.54) is 49.4 Å². The Hall–Kier alpha value is -3.93. The Morgan fingerprint density at radius 2 is 2.00 bits per heavy atom. The zero-order valence-corrected chi connectivity index (χ0v) is 19.8. The Labute approximate surface area is 203 Å². The monoisotopic (exact) mass is 501 g/mol. The number of nitro groups is 1. The number of nitrogens with zero attached hydrogens (tertiary/aromatic N) is 4. The molecule has 1 aromatic heterocycles. The lowest BCUT2D eigenvalue weighted by molar-refractivity contribution is -0.385. The Kier molecular flexibility index (Phi) is 8.42. The summed E-state index contributed by atoms with van der Waals surface area (Å²) in [5, 5.41) is 15.2. The van der Waals surface area contributed by atoms with Gasteiger partial charge in [-0.1, -0.05) is 17.8 Å². The highest BCUT2D eigenvalue weighted by atomic mass is 32.2. The van der Waals surface area contributed by atoms with Crippen LogP contribution in [0.1, 0.15) is 44.9 Å². The number of aromatic nitrogens is 2. The zero-order valence-electron chi connectivity index (χ0n) is 19.0. The minimum absolute atomic E-state index is 0.104. The molecule has 0 saturated carbocycles. The second-order valence-electron chi connectivity index (χ2n) is 7.33. The summed E-state index contributed by atoms with van der Waals surface area (Å²) < 4.78 is 31.4. The molecular weight excluding hydrogens is 480 g/mol. The average molecular weight is 502 g/mol. The zero-order chi connectivity index (χ0) is 25.5. The summed E-state index contributed by atoms with van der Waals surface area (Å²) in [4.78, 5) is 30.9. The predicted octanol–water partition coefficient (Wildman–Crippen LogP) is 5.00. The van der Waals surface area contributed by atoms with Gasteiger partial charge in [0.2, 0.25) is 0 Å². The van der Waals surface area contributed by atoms with Gasteiger partial charge >= 0.3 is 0 Å². The SMILES string of the molecule is COc1ccc(C=NNC(=O)c2ccc(C)c([N+](=O)[O-])c2)cc1CSc1nc(C)cc(C(F)F)n1. The molecule has 0 saturated heterocycles. The fourth-order valence-corrected chi connectivity index (χ4v) is 3.94. The second kappa shape index (κ2) is 11.5. The molecule has 0 bridgehead atoms. The van der Waals surface area contributed by atoms with Crippen molar-refractivity contribution < 1.29 is 23.2 Å². The van der Waals surface area contributed by atoms with Gasteiger partial charge in [-0.25, -0.2) is 24.2 Å². The third-order valence-corrected chi connectivity index (χ3v) is 5.68. The summed E-state index contributed by atoms with van der Waals surface area (Å²) in [5.74, 6) is 0.323. The van der Waals surface area contributed by atoms with Crippen molar-refractivity contribution in [1.82, 2.24) is 15.4 Å². The summed E-state index contributed by atoms with van der Waals surface area (Å²) in [6.45, 7) is 3.21. The topological polar surface area (TPSA) is 120 Å². The number of ether oxygens (including phenoxy) is 1. The predicted molar refractivity (Wildman–Crippen MR) is 127 cm³/mol. The van der Waals surface area contributed by atoms with E-state index in [1.807, 2.05) is 0 Å². The number of halogens is 2. The van der Waals surface area contributed by atoms with Crippen molar-refractivity contribution >= 4 is 29.6 Å². The van der Waals surface area contributed by atoms with Gasteiger partial charge in [0, 0.05) is 34.2 Å². The van der Waals surface area contributed by atoms with Gasteiger partial charge in [-0.15, -0.1) is 0 Å². The van der Waals surface area contributed by atoms with Gasteiger partial charge in [0.25, 0.3) is 18.0 Å². The minimum Gasteiger partial charge on any atom is -0.496 e. The van der Waals surface area contributed by atoms with Crippen molar-refractivity contribution in [3.63, 3.8) is 0 Å². The lowest BCUT2D eigenvalue weighted by atomic mass is 10.1. The average Bonchev–Trinajstić information content (AvgIpc) is 2.82. The number of hydrazone groups is 1. The number of benzene rings is 2. The largest absolute Gasteiger partial charge is 0.496 e. The van der Waals surface area contributed by atoms with E-state index < -0.39 is 17.3 Å². The Morgan fingerprint density at radius 1 is 1.23 bits per heavy atom. The number of thioether (sulfide) groups is 1. The van der Waals surface area contributed by atoms with E-state index in [9.17, 15) is 23.7 Å².